The number of imidazole rings is 1. The summed E-state index contributed by atoms with van der Waals surface area (Å²) in [6.07, 6.45) is 2.28. The normalized spacial score (nSPS) is 15.7. The Kier molecular flexibility index (Phi) is 5.80. The molecule has 2 amide bonds. The van der Waals surface area contributed by atoms with E-state index in [1.54, 1.807) is 18.3 Å². The number of nitrogens with one attached hydrogen (secondary N) is 1. The van der Waals surface area contributed by atoms with Gasteiger partial charge in [-0.15, -0.1) is 0 Å². The van der Waals surface area contributed by atoms with Crippen molar-refractivity contribution in [1.29, 1.82) is 5.26 Å². The summed E-state index contributed by atoms with van der Waals surface area (Å²) in [6, 6.07) is 19.3. The second-order valence-electron chi connectivity index (χ2n) is 7.66. The van der Waals surface area contributed by atoms with E-state index in [0.717, 1.165) is 11.1 Å². The molecule has 1 aliphatic rings. The Morgan fingerprint density at radius 1 is 1.13 bits per heavy atom. The number of carbonyl (C=O) groups excluding carboxylic acids is 2. The molecule has 0 bridgehead atoms. The summed E-state index contributed by atoms with van der Waals surface area (Å²) < 4.78 is 1.89. The number of benzene rings is 2. The second kappa shape index (κ2) is 8.84. The van der Waals surface area contributed by atoms with Crippen LogP contribution in [0, 0.1) is 11.3 Å². The first kappa shape index (κ1) is 20.4. The largest absolute Gasteiger partial charge is 0.338 e. The van der Waals surface area contributed by atoms with Crippen LogP contribution in [0.5, 0.6) is 0 Å². The van der Waals surface area contributed by atoms with Crippen LogP contribution >= 0.6 is 0 Å². The van der Waals surface area contributed by atoms with Gasteiger partial charge >= 0.3 is 0 Å². The molecule has 7 nitrogen and oxygen atoms in total. The van der Waals surface area contributed by atoms with Gasteiger partial charge in [0, 0.05) is 20.0 Å². The number of nitriles is 1. The summed E-state index contributed by atoms with van der Waals surface area (Å²) in [7, 11) is 0. The Morgan fingerprint density at radius 3 is 2.52 bits per heavy atom. The van der Waals surface area contributed by atoms with E-state index in [1.807, 2.05) is 51.9 Å². The standard InChI is InChI=1S/C24H23N5O2/c1-17(30)27-22-14-26-23(29(22)16-20-9-7-18(13-25)8-10-20)21-11-12-28(24(21)31)15-19-5-3-2-4-6-19/h2-10,14,21H,11-12,15-16H2,1H3,(H,27,30)/t21-/m1/s1. The lowest BCUT2D eigenvalue weighted by Crippen LogP contribution is -2.27. The quantitative estimate of drug-likeness (QED) is 0.671. The lowest BCUT2D eigenvalue weighted by atomic mass is 10.1. The number of nitrogens with zero attached hydrogens (tertiary/aromatic N) is 4. The first-order valence-electron chi connectivity index (χ1n) is 10.2. The van der Waals surface area contributed by atoms with Gasteiger partial charge in [0.05, 0.1) is 30.3 Å². The third-order valence-electron chi connectivity index (χ3n) is 5.44. The Morgan fingerprint density at radius 2 is 1.84 bits per heavy atom. The number of aromatic nitrogens is 2. The molecule has 2 aromatic carbocycles. The van der Waals surface area contributed by atoms with Gasteiger partial charge in [-0.3, -0.25) is 9.59 Å². The number of amides is 2. The van der Waals surface area contributed by atoms with Crippen molar-refractivity contribution in [2.75, 3.05) is 11.9 Å². The van der Waals surface area contributed by atoms with E-state index in [9.17, 15) is 9.59 Å². The molecule has 1 aromatic heterocycles. The highest BCUT2D eigenvalue weighted by Gasteiger charge is 2.36. The maximum absolute atomic E-state index is 13.2. The zero-order valence-corrected chi connectivity index (χ0v) is 17.3. The van der Waals surface area contributed by atoms with Crippen LogP contribution in [0.25, 0.3) is 0 Å². The Labute approximate surface area is 180 Å². The van der Waals surface area contributed by atoms with Gasteiger partial charge in [0.2, 0.25) is 11.8 Å². The van der Waals surface area contributed by atoms with Crippen LogP contribution < -0.4 is 5.32 Å². The number of hydrogen-bond donors (Lipinski definition) is 1. The number of anilines is 1. The van der Waals surface area contributed by atoms with Crippen LogP contribution in [0.2, 0.25) is 0 Å². The molecule has 0 aliphatic carbocycles. The fourth-order valence-electron chi connectivity index (χ4n) is 3.92. The SMILES string of the molecule is CC(=O)Nc1cnc([C@H]2CCN(Cc3ccccc3)C2=O)n1Cc1ccc(C#N)cc1. The Bertz CT molecular complexity index is 1130. The smallest absolute Gasteiger partial charge is 0.233 e. The summed E-state index contributed by atoms with van der Waals surface area (Å²) >= 11 is 0. The summed E-state index contributed by atoms with van der Waals surface area (Å²) in [5, 5.41) is 11.8. The molecule has 3 aromatic rings. The monoisotopic (exact) mass is 413 g/mol. The molecule has 1 N–H and O–H groups in total. The molecule has 0 radical (unpaired) electrons. The van der Waals surface area contributed by atoms with Gasteiger partial charge in [0.15, 0.2) is 0 Å². The van der Waals surface area contributed by atoms with Crippen molar-refractivity contribution >= 4 is 17.6 Å². The summed E-state index contributed by atoms with van der Waals surface area (Å²) in [6.45, 7) is 3.13. The molecule has 156 valence electrons. The van der Waals surface area contributed by atoms with Crippen molar-refractivity contribution in [2.45, 2.75) is 32.4 Å². The van der Waals surface area contributed by atoms with E-state index in [-0.39, 0.29) is 17.7 Å². The van der Waals surface area contributed by atoms with Crippen LogP contribution in [0.15, 0.2) is 60.8 Å². The predicted octanol–water partition coefficient (Wildman–Crippen LogP) is 3.28. The number of rotatable bonds is 6. The van der Waals surface area contributed by atoms with Crippen molar-refractivity contribution in [3.63, 3.8) is 0 Å². The van der Waals surface area contributed by atoms with E-state index in [1.165, 1.54) is 6.92 Å². The molecule has 0 spiro atoms. The molecule has 1 atom stereocenters. The van der Waals surface area contributed by atoms with Crippen molar-refractivity contribution in [1.82, 2.24) is 14.5 Å². The lowest BCUT2D eigenvalue weighted by molar-refractivity contribution is -0.129. The summed E-state index contributed by atoms with van der Waals surface area (Å²) in [5.74, 6) is 0.695. The van der Waals surface area contributed by atoms with Gasteiger partial charge in [0.1, 0.15) is 11.6 Å². The highest BCUT2D eigenvalue weighted by atomic mass is 16.2. The number of hydrogen-bond acceptors (Lipinski definition) is 4. The zero-order chi connectivity index (χ0) is 21.8. The molecule has 7 heteroatoms. The molecular formula is C24H23N5O2. The number of carbonyl (C=O) groups is 2. The Balaban J connectivity index is 1.60. The minimum Gasteiger partial charge on any atom is -0.338 e. The fraction of sp³-hybridized carbons (Fsp3) is 0.250. The molecule has 4 rings (SSSR count). The molecule has 1 aliphatic heterocycles. The molecular weight excluding hydrogens is 390 g/mol. The van der Waals surface area contributed by atoms with Crippen LogP contribution in [-0.2, 0) is 22.7 Å². The van der Waals surface area contributed by atoms with E-state index in [4.69, 9.17) is 5.26 Å². The zero-order valence-electron chi connectivity index (χ0n) is 17.3. The third kappa shape index (κ3) is 4.48. The summed E-state index contributed by atoms with van der Waals surface area (Å²) in [4.78, 5) is 31.2. The van der Waals surface area contributed by atoms with Crippen molar-refractivity contribution in [3.8, 4) is 6.07 Å². The molecule has 1 fully saturated rings. The average Bonchev–Trinajstić information content (AvgIpc) is 3.32. The second-order valence-corrected chi connectivity index (χ2v) is 7.66. The van der Waals surface area contributed by atoms with Crippen LogP contribution in [0.3, 0.4) is 0 Å². The van der Waals surface area contributed by atoms with E-state index < -0.39 is 0 Å². The Hall–Kier alpha value is -3.92. The van der Waals surface area contributed by atoms with Gasteiger partial charge in [0.25, 0.3) is 0 Å². The fourth-order valence-corrected chi connectivity index (χ4v) is 3.92. The highest BCUT2D eigenvalue weighted by Crippen LogP contribution is 2.31. The molecule has 0 unspecified atom stereocenters. The maximum atomic E-state index is 13.2. The lowest BCUT2D eigenvalue weighted by Gasteiger charge is -2.18. The van der Waals surface area contributed by atoms with Crippen LogP contribution in [0.1, 0.15) is 41.8 Å². The van der Waals surface area contributed by atoms with Crippen molar-refractivity contribution in [2.24, 2.45) is 0 Å². The third-order valence-corrected chi connectivity index (χ3v) is 5.44. The van der Waals surface area contributed by atoms with Gasteiger partial charge in [-0.05, 0) is 29.7 Å². The topological polar surface area (TPSA) is 91.0 Å². The first-order valence-corrected chi connectivity index (χ1v) is 10.2. The van der Waals surface area contributed by atoms with Crippen molar-refractivity contribution in [3.05, 3.63) is 83.3 Å². The minimum absolute atomic E-state index is 0.0462. The van der Waals surface area contributed by atoms with E-state index >= 15 is 0 Å². The molecule has 0 saturated carbocycles. The van der Waals surface area contributed by atoms with Gasteiger partial charge in [-0.25, -0.2) is 4.98 Å². The van der Waals surface area contributed by atoms with Crippen molar-refractivity contribution < 1.29 is 9.59 Å². The number of likely N-dealkylation sites (tertiary alicyclic amines) is 1. The van der Waals surface area contributed by atoms with E-state index in [2.05, 4.69) is 16.4 Å². The minimum atomic E-state index is -0.357. The van der Waals surface area contributed by atoms with E-state index in [0.29, 0.717) is 43.3 Å². The molecule has 31 heavy (non-hydrogen) atoms. The highest BCUT2D eigenvalue weighted by molar-refractivity contribution is 5.88. The van der Waals surface area contributed by atoms with Gasteiger partial charge < -0.3 is 14.8 Å². The molecule has 1 saturated heterocycles. The predicted molar refractivity (Wildman–Crippen MR) is 116 cm³/mol. The van der Waals surface area contributed by atoms with Gasteiger partial charge in [-0.2, -0.15) is 5.26 Å². The molecule has 2 heterocycles. The van der Waals surface area contributed by atoms with Crippen LogP contribution in [0.4, 0.5) is 5.82 Å². The maximum Gasteiger partial charge on any atom is 0.233 e. The summed E-state index contributed by atoms with van der Waals surface area (Å²) in [5.41, 5.74) is 2.63. The van der Waals surface area contributed by atoms with Crippen LogP contribution in [-0.4, -0.2) is 32.8 Å². The average molecular weight is 413 g/mol. The van der Waals surface area contributed by atoms with Gasteiger partial charge in [-0.1, -0.05) is 42.5 Å². The first-order chi connectivity index (χ1) is 15.0.